The smallest absolute Gasteiger partial charge is 0.0435 e. The van der Waals surface area contributed by atoms with Crippen LogP contribution in [0.4, 0.5) is 14.1 Å². The molecule has 0 heterocycles. The Kier molecular flexibility index (Phi) is 8.68. The van der Waals surface area contributed by atoms with Gasteiger partial charge in [-0.15, -0.1) is 0 Å². The quantitative estimate of drug-likeness (QED) is 0.633. The van der Waals surface area contributed by atoms with E-state index >= 15 is 0 Å². The van der Waals surface area contributed by atoms with Crippen LogP contribution in [0.1, 0.15) is 37.5 Å². The molecular formula is C12H20F3S. The molecule has 16 heavy (non-hydrogen) atoms. The molecule has 0 aliphatic carbocycles. The van der Waals surface area contributed by atoms with Gasteiger partial charge in [-0.1, -0.05) is 45.5 Å². The van der Waals surface area contributed by atoms with E-state index in [-0.39, 0.29) is 19.5 Å². The highest BCUT2D eigenvalue weighted by Crippen LogP contribution is 2.28. The zero-order valence-corrected chi connectivity index (χ0v) is 11.1. The first-order chi connectivity index (χ1) is 5.82. The molecule has 0 unspecified atom stereocenters. The fourth-order valence-corrected chi connectivity index (χ4v) is 1.50. The molecule has 0 saturated heterocycles. The van der Waals surface area contributed by atoms with Gasteiger partial charge in [0.1, 0.15) is 0 Å². The first-order valence-corrected chi connectivity index (χ1v) is 5.02. The van der Waals surface area contributed by atoms with Crippen molar-refractivity contribution in [1.29, 1.82) is 0 Å². The van der Waals surface area contributed by atoms with Crippen molar-refractivity contribution in [2.45, 2.75) is 44.9 Å². The van der Waals surface area contributed by atoms with Gasteiger partial charge in [-0.3, -0.25) is 14.1 Å². The van der Waals surface area contributed by atoms with Gasteiger partial charge in [0, 0.05) is 4.90 Å². The van der Waals surface area contributed by atoms with Crippen LogP contribution in [0.2, 0.25) is 0 Å². The third-order valence-electron chi connectivity index (χ3n) is 2.33. The second-order valence-electron chi connectivity index (χ2n) is 4.69. The maximum absolute atomic E-state index is 5.28. The van der Waals surface area contributed by atoms with Gasteiger partial charge in [-0.25, -0.2) is 0 Å². The summed E-state index contributed by atoms with van der Waals surface area (Å²) in [6.45, 7) is 10.9. The Morgan fingerprint density at radius 1 is 0.875 bits per heavy atom. The summed E-state index contributed by atoms with van der Waals surface area (Å²) >= 11 is 5.28. The van der Waals surface area contributed by atoms with Crippen LogP contribution in [0.25, 0.3) is 0 Å². The van der Waals surface area contributed by atoms with E-state index in [0.717, 1.165) is 4.90 Å². The number of hydrogen-bond donors (Lipinski definition) is 0. The average molecular weight is 253 g/mol. The van der Waals surface area contributed by atoms with Gasteiger partial charge >= 0.3 is 0 Å². The Balaban J connectivity index is -0.000000563. The van der Waals surface area contributed by atoms with Crippen molar-refractivity contribution in [1.82, 2.24) is 0 Å². The summed E-state index contributed by atoms with van der Waals surface area (Å²) in [6, 6.07) is 4.41. The molecule has 1 aromatic carbocycles. The molecule has 1 aromatic rings. The number of rotatable bonds is 0. The van der Waals surface area contributed by atoms with Crippen molar-refractivity contribution in [3.63, 3.8) is 0 Å². The molecule has 1 rings (SSSR count). The molecule has 0 amide bonds. The summed E-state index contributed by atoms with van der Waals surface area (Å²) in [6.07, 6.45) is 0. The second kappa shape index (κ2) is 6.74. The topological polar surface area (TPSA) is 0 Å². The standard InChI is InChI=1S/C12H17S.3FH/c1-8-6-10(12(3,4)5)7-9(2)11(8)13;;;/h6-7H,1-5H3;3*1H. The van der Waals surface area contributed by atoms with E-state index in [4.69, 9.17) is 12.6 Å². The molecule has 0 aliphatic rings. The summed E-state index contributed by atoms with van der Waals surface area (Å²) in [4.78, 5) is 1.01. The molecule has 1 radical (unpaired) electrons. The van der Waals surface area contributed by atoms with E-state index in [1.807, 2.05) is 0 Å². The lowest BCUT2D eigenvalue weighted by atomic mass is 9.85. The number of hydrogen-bond acceptors (Lipinski definition) is 0. The Labute approximate surface area is 101 Å². The maximum atomic E-state index is 5.28. The van der Waals surface area contributed by atoms with Gasteiger partial charge in [-0.05, 0) is 36.0 Å². The lowest BCUT2D eigenvalue weighted by Crippen LogP contribution is -2.11. The fourth-order valence-electron chi connectivity index (χ4n) is 1.38. The van der Waals surface area contributed by atoms with Gasteiger partial charge in [0.2, 0.25) is 0 Å². The van der Waals surface area contributed by atoms with Gasteiger partial charge in [0.05, 0.1) is 0 Å². The van der Waals surface area contributed by atoms with Crippen LogP contribution in [0, 0.1) is 13.8 Å². The third-order valence-corrected chi connectivity index (χ3v) is 2.97. The van der Waals surface area contributed by atoms with E-state index in [1.165, 1.54) is 16.7 Å². The predicted octanol–water partition coefficient (Wildman–Crippen LogP) is 4.61. The molecule has 0 aromatic heterocycles. The van der Waals surface area contributed by atoms with Crippen LogP contribution >= 0.6 is 12.6 Å². The van der Waals surface area contributed by atoms with Crippen molar-refractivity contribution in [2.24, 2.45) is 0 Å². The van der Waals surface area contributed by atoms with Crippen LogP contribution in [0.15, 0.2) is 17.0 Å². The summed E-state index contributed by atoms with van der Waals surface area (Å²) in [5.41, 5.74) is 4.04. The molecule has 0 saturated carbocycles. The summed E-state index contributed by atoms with van der Waals surface area (Å²) < 4.78 is 0. The van der Waals surface area contributed by atoms with E-state index in [1.54, 1.807) is 0 Å². The Hall–Kier alpha value is -0.770. The van der Waals surface area contributed by atoms with Gasteiger partial charge < -0.3 is 0 Å². The van der Waals surface area contributed by atoms with Crippen molar-refractivity contribution >= 4 is 12.6 Å². The lowest BCUT2D eigenvalue weighted by Gasteiger charge is -2.21. The first kappa shape index (κ1) is 20.6. The predicted molar refractivity (Wildman–Crippen MR) is 68.0 cm³/mol. The maximum Gasteiger partial charge on any atom is 0.0435 e. The first-order valence-electron chi connectivity index (χ1n) is 4.61. The number of aryl methyl sites for hydroxylation is 2. The largest absolute Gasteiger partial charge is 0.269 e. The lowest BCUT2D eigenvalue weighted by molar-refractivity contribution is 0.588. The minimum absolute atomic E-state index is 0. The molecule has 0 bridgehead atoms. The van der Waals surface area contributed by atoms with Crippen LogP contribution in [-0.2, 0) is 5.41 Å². The highest BCUT2D eigenvalue weighted by atomic mass is 32.1. The van der Waals surface area contributed by atoms with Crippen LogP contribution in [0.3, 0.4) is 0 Å². The van der Waals surface area contributed by atoms with E-state index in [9.17, 15) is 0 Å². The summed E-state index contributed by atoms with van der Waals surface area (Å²) in [7, 11) is 0. The zero-order chi connectivity index (χ0) is 10.2. The number of halogens is 3. The third kappa shape index (κ3) is 4.39. The minimum atomic E-state index is 0. The summed E-state index contributed by atoms with van der Waals surface area (Å²) in [5.74, 6) is 0. The highest BCUT2D eigenvalue weighted by molar-refractivity contribution is 7.80. The molecule has 0 nitrogen and oxygen atoms in total. The zero-order valence-electron chi connectivity index (χ0n) is 10.3. The van der Waals surface area contributed by atoms with E-state index in [0.29, 0.717) is 0 Å². The SMILES string of the molecule is Cc1cc(C(C)(C)C)cc(C)c1[S].F.F.F. The molecule has 4 heteroatoms. The molecule has 0 fully saturated rings. The molecule has 0 atom stereocenters. The van der Waals surface area contributed by atoms with Crippen molar-refractivity contribution < 1.29 is 14.1 Å². The fraction of sp³-hybridized carbons (Fsp3) is 0.500. The van der Waals surface area contributed by atoms with Crippen LogP contribution < -0.4 is 0 Å². The molecule has 0 aliphatic heterocycles. The monoisotopic (exact) mass is 253 g/mol. The number of benzene rings is 1. The van der Waals surface area contributed by atoms with Gasteiger partial charge in [0.15, 0.2) is 0 Å². The van der Waals surface area contributed by atoms with Crippen LogP contribution in [-0.4, -0.2) is 0 Å². The molecule has 0 N–H and O–H groups in total. The van der Waals surface area contributed by atoms with Gasteiger partial charge in [0.25, 0.3) is 0 Å². The minimum Gasteiger partial charge on any atom is -0.269 e. The normalized spacial score (nSPS) is 9.56. The molecular weight excluding hydrogens is 233 g/mol. The van der Waals surface area contributed by atoms with Gasteiger partial charge in [-0.2, -0.15) is 0 Å². The average Bonchev–Trinajstić information content (AvgIpc) is 1.97. The van der Waals surface area contributed by atoms with E-state index in [2.05, 4.69) is 46.8 Å². The molecule has 95 valence electrons. The second-order valence-corrected chi connectivity index (χ2v) is 5.10. The van der Waals surface area contributed by atoms with Crippen molar-refractivity contribution in [3.05, 3.63) is 28.8 Å². The van der Waals surface area contributed by atoms with Crippen molar-refractivity contribution in [2.75, 3.05) is 0 Å². The molecule has 0 spiro atoms. The van der Waals surface area contributed by atoms with E-state index < -0.39 is 0 Å². The summed E-state index contributed by atoms with van der Waals surface area (Å²) in [5, 5.41) is 0. The van der Waals surface area contributed by atoms with Crippen molar-refractivity contribution in [3.8, 4) is 0 Å². The Morgan fingerprint density at radius 3 is 1.44 bits per heavy atom. The highest BCUT2D eigenvalue weighted by Gasteiger charge is 2.15. The Bertz CT molecular complexity index is 307. The Morgan fingerprint density at radius 2 is 1.19 bits per heavy atom. The van der Waals surface area contributed by atoms with Crippen LogP contribution in [0.5, 0.6) is 0 Å².